The smallest absolute Gasteiger partial charge is 0.377 e. The van der Waals surface area contributed by atoms with Crippen LogP contribution in [0.25, 0.3) is 0 Å². The number of benzene rings is 1. The third kappa shape index (κ3) is 3.66. The number of rotatable bonds is 1. The quantitative estimate of drug-likeness (QED) is 0.457. The van der Waals surface area contributed by atoms with Crippen molar-refractivity contribution in [1.82, 2.24) is 4.90 Å². The predicted octanol–water partition coefficient (Wildman–Crippen LogP) is -1.01. The van der Waals surface area contributed by atoms with Crippen molar-refractivity contribution >= 4 is 28.5 Å². The van der Waals surface area contributed by atoms with Crippen LogP contribution < -0.4 is 74.6 Å². The number of nitrogens with zero attached hydrogens (tertiary/aromatic N) is 2. The third-order valence-electron chi connectivity index (χ3n) is 3.34. The molecule has 1 fully saturated rings. The van der Waals surface area contributed by atoms with Crippen LogP contribution in [0.4, 0.5) is 10.1 Å². The van der Waals surface area contributed by atoms with Crippen LogP contribution >= 0.6 is 11.6 Å². The number of morpholine rings is 1. The van der Waals surface area contributed by atoms with Crippen LogP contribution in [0.15, 0.2) is 17.1 Å². The van der Waals surface area contributed by atoms with Crippen molar-refractivity contribution in [1.29, 1.82) is 0 Å². The summed E-state index contributed by atoms with van der Waals surface area (Å²) in [6.07, 6.45) is 0. The summed E-state index contributed by atoms with van der Waals surface area (Å²) in [5.74, 6) is -0.356. The molecular formula is C13H14ClCsFN3O2. The fraction of sp³-hybridized carbons (Fsp3) is 0.308. The Morgan fingerprint density at radius 2 is 2.24 bits per heavy atom. The van der Waals surface area contributed by atoms with E-state index in [9.17, 15) is 9.18 Å². The van der Waals surface area contributed by atoms with E-state index in [1.54, 1.807) is 0 Å². The summed E-state index contributed by atoms with van der Waals surface area (Å²) in [6, 6.07) is 2.46. The van der Waals surface area contributed by atoms with E-state index in [4.69, 9.17) is 22.1 Å². The number of halogens is 2. The summed E-state index contributed by atoms with van der Waals surface area (Å²) in [7, 11) is 0. The van der Waals surface area contributed by atoms with Crippen LogP contribution in [0.1, 0.15) is 22.0 Å². The Morgan fingerprint density at radius 1 is 1.52 bits per heavy atom. The molecule has 0 spiro atoms. The summed E-state index contributed by atoms with van der Waals surface area (Å²) >= 11 is 5.37. The summed E-state index contributed by atoms with van der Waals surface area (Å²) in [4.78, 5) is 17.2. The molecule has 3 rings (SSSR count). The predicted molar refractivity (Wildman–Crippen MR) is 74.5 cm³/mol. The molecule has 2 aliphatic heterocycles. The minimum atomic E-state index is -0.828. The van der Waals surface area contributed by atoms with Gasteiger partial charge in [-0.2, -0.15) is 0 Å². The van der Waals surface area contributed by atoms with E-state index in [0.717, 1.165) is 0 Å². The largest absolute Gasteiger partial charge is 1.00 e. The zero-order valence-corrected chi connectivity index (χ0v) is 18.9. The summed E-state index contributed by atoms with van der Waals surface area (Å²) in [5, 5.41) is -0.828. The summed E-state index contributed by atoms with van der Waals surface area (Å²) < 4.78 is 19.1. The first kappa shape index (κ1) is 19.4. The molecule has 1 saturated heterocycles. The summed E-state index contributed by atoms with van der Waals surface area (Å²) in [6.45, 7) is 1.59. The maximum atomic E-state index is 13.7. The van der Waals surface area contributed by atoms with Gasteiger partial charge in [-0.15, -0.1) is 0 Å². The van der Waals surface area contributed by atoms with E-state index >= 15 is 0 Å². The Bertz CT molecular complexity index is 597. The Balaban J connectivity index is 0.00000110. The van der Waals surface area contributed by atoms with Gasteiger partial charge in [0, 0.05) is 18.2 Å². The topological polar surface area (TPSA) is 67.9 Å². The number of carbonyl (C=O) groups excluding carboxylic acids is 1. The van der Waals surface area contributed by atoms with Crippen molar-refractivity contribution < 1.29 is 82.8 Å². The van der Waals surface area contributed by atoms with Gasteiger partial charge in [0.15, 0.2) is 5.96 Å². The van der Waals surface area contributed by atoms with Crippen LogP contribution in [0.2, 0.25) is 0 Å². The van der Waals surface area contributed by atoms with Crippen LogP contribution in [-0.4, -0.2) is 35.9 Å². The minimum absolute atomic E-state index is 0. The molecular weight excluding hydrogens is 418 g/mol. The maximum Gasteiger partial charge on any atom is 1.00 e. The van der Waals surface area contributed by atoms with Crippen molar-refractivity contribution in [3.63, 3.8) is 0 Å². The molecule has 2 heterocycles. The van der Waals surface area contributed by atoms with Crippen molar-refractivity contribution in [2.75, 3.05) is 19.8 Å². The first-order chi connectivity index (χ1) is 9.08. The monoisotopic (exact) mass is 431 g/mol. The number of carbonyl (C=O) groups is 1. The molecule has 1 atom stereocenters. The fourth-order valence-electron chi connectivity index (χ4n) is 2.42. The Labute approximate surface area is 186 Å². The molecule has 0 radical (unpaired) electrons. The molecule has 0 saturated carbocycles. The number of ether oxygens (including phenoxy) is 1. The van der Waals surface area contributed by atoms with Crippen LogP contribution in [0.5, 0.6) is 0 Å². The Morgan fingerprint density at radius 3 is 2.90 bits per heavy atom. The molecule has 8 heteroatoms. The minimum Gasteiger partial charge on any atom is -0.377 e. The van der Waals surface area contributed by atoms with Gasteiger partial charge in [0.1, 0.15) is 5.82 Å². The normalized spacial score (nSPS) is 19.4. The zero-order chi connectivity index (χ0) is 13.6. The van der Waals surface area contributed by atoms with Crippen LogP contribution in [-0.2, 0) is 4.74 Å². The molecule has 0 bridgehead atoms. The molecule has 5 nitrogen and oxygen atoms in total. The Kier molecular flexibility index (Phi) is 7.20. The third-order valence-corrected chi connectivity index (χ3v) is 3.55. The Hall–Kier alpha value is 0.392. The molecule has 108 valence electrons. The number of hydrogen-bond donors (Lipinski definition) is 1. The molecule has 1 unspecified atom stereocenters. The number of fused-ring (bicyclic) bond motifs is 3. The number of aliphatic imine (C=N–C) groups is 1. The van der Waals surface area contributed by atoms with Crippen molar-refractivity contribution in [2.45, 2.75) is 6.04 Å². The van der Waals surface area contributed by atoms with E-state index in [1.165, 1.54) is 12.1 Å². The maximum absolute atomic E-state index is 13.7. The fourth-order valence-corrected chi connectivity index (χ4v) is 2.56. The van der Waals surface area contributed by atoms with Gasteiger partial charge in [0.2, 0.25) is 0 Å². The van der Waals surface area contributed by atoms with Gasteiger partial charge in [-0.25, -0.2) is 9.38 Å². The van der Waals surface area contributed by atoms with Crippen LogP contribution in [0.3, 0.4) is 0 Å². The van der Waals surface area contributed by atoms with Gasteiger partial charge in [-0.05, 0) is 17.7 Å². The second-order valence-electron chi connectivity index (χ2n) is 4.42. The van der Waals surface area contributed by atoms with E-state index in [2.05, 4.69) is 4.99 Å². The second-order valence-corrected chi connectivity index (χ2v) is 4.76. The SMILES string of the molecule is NC1=Nc2cc(F)c(C(=O)Cl)cc2C2COCCN12.[CH3-].[Cs+]. The molecule has 1 aromatic rings. The number of nitrogens with two attached hydrogens (primary N) is 1. The number of guanidine groups is 1. The van der Waals surface area contributed by atoms with Gasteiger partial charge in [0.05, 0.1) is 30.5 Å². The first-order valence-corrected chi connectivity index (χ1v) is 6.17. The van der Waals surface area contributed by atoms with Crippen LogP contribution in [0, 0.1) is 13.2 Å². The average molecular weight is 432 g/mol. The zero-order valence-electron chi connectivity index (χ0n) is 11.9. The van der Waals surface area contributed by atoms with Gasteiger partial charge >= 0.3 is 68.9 Å². The molecule has 1 aromatic carbocycles. The first-order valence-electron chi connectivity index (χ1n) is 5.79. The molecule has 21 heavy (non-hydrogen) atoms. The van der Waals surface area contributed by atoms with Crippen molar-refractivity contribution in [3.05, 3.63) is 36.5 Å². The second kappa shape index (κ2) is 7.78. The molecule has 0 aromatic heterocycles. The van der Waals surface area contributed by atoms with Crippen molar-refractivity contribution in [2.24, 2.45) is 10.7 Å². The van der Waals surface area contributed by atoms with Crippen molar-refractivity contribution in [3.8, 4) is 0 Å². The van der Waals surface area contributed by atoms with Gasteiger partial charge in [0.25, 0.3) is 5.24 Å². The van der Waals surface area contributed by atoms with Gasteiger partial charge in [-0.1, -0.05) is 0 Å². The molecule has 2 N–H and O–H groups in total. The molecule has 2 aliphatic rings. The summed E-state index contributed by atoms with van der Waals surface area (Å²) in [5.41, 5.74) is 6.83. The van der Waals surface area contributed by atoms with Gasteiger partial charge < -0.3 is 22.8 Å². The molecule has 0 amide bonds. The van der Waals surface area contributed by atoms with E-state index in [0.29, 0.717) is 37.0 Å². The van der Waals surface area contributed by atoms with E-state index in [1.807, 2.05) is 4.90 Å². The average Bonchev–Trinajstić information content (AvgIpc) is 2.38. The van der Waals surface area contributed by atoms with E-state index < -0.39 is 11.1 Å². The molecule has 0 aliphatic carbocycles. The number of hydrogen-bond acceptors (Lipinski definition) is 5. The van der Waals surface area contributed by atoms with E-state index in [-0.39, 0.29) is 87.9 Å². The van der Waals surface area contributed by atoms with Gasteiger partial charge in [-0.3, -0.25) is 4.79 Å². The standard InChI is InChI=1S/C12H11ClFN3O2.CH3.Cs/c13-11(18)6-3-7-9(4-8(6)14)16-12(15)17-1-2-19-5-10(7)17;;/h3-4,10H,1-2,5H2,(H2,15,16);1H3;/q;-1;+1.